The number of nitrogens with one attached hydrogen (secondary N) is 1. The van der Waals surface area contributed by atoms with Crippen LogP contribution in [0.15, 0.2) is 54.9 Å². The van der Waals surface area contributed by atoms with Crippen molar-refractivity contribution in [2.24, 2.45) is 0 Å². The van der Waals surface area contributed by atoms with Crippen LogP contribution in [0.2, 0.25) is 0 Å². The smallest absolute Gasteiger partial charge is 0.261 e. The lowest BCUT2D eigenvalue weighted by atomic mass is 10.1. The van der Waals surface area contributed by atoms with E-state index in [0.717, 1.165) is 24.0 Å². The van der Waals surface area contributed by atoms with Gasteiger partial charge in [-0.3, -0.25) is 19.3 Å². The molecule has 4 rings (SSSR count). The van der Waals surface area contributed by atoms with Crippen molar-refractivity contribution in [2.75, 3.05) is 13.1 Å². The van der Waals surface area contributed by atoms with Crippen molar-refractivity contribution in [3.63, 3.8) is 0 Å². The summed E-state index contributed by atoms with van der Waals surface area (Å²) in [6.07, 6.45) is 5.30. The first kappa shape index (κ1) is 18.9. The average Bonchev–Trinajstić information content (AvgIpc) is 3.26. The molecule has 2 aromatic heterocycles. The fourth-order valence-electron chi connectivity index (χ4n) is 3.61. The number of rotatable bonds is 8. The zero-order valence-electron chi connectivity index (χ0n) is 16.0. The second-order valence-electron chi connectivity index (χ2n) is 7.04. The molecule has 0 unspecified atom stereocenters. The maximum Gasteiger partial charge on any atom is 0.261 e. The molecule has 1 N–H and O–H groups in total. The van der Waals surface area contributed by atoms with Crippen molar-refractivity contribution < 1.29 is 14.4 Å². The average molecular weight is 390 g/mol. The molecule has 1 aliphatic rings. The maximum atomic E-state index is 12.3. The standard InChI is InChI=1S/C22H22N4O3/c27-19(23-12-5-13-25-15-10-16-6-3-11-24-20(16)25)9-4-14-26-21(28)17-7-1-2-8-18(17)22(26)29/h1-3,6-8,10-11,15H,4-5,9,12-14H2,(H,23,27). The summed E-state index contributed by atoms with van der Waals surface area (Å²) < 4.78 is 2.07. The zero-order chi connectivity index (χ0) is 20.2. The van der Waals surface area contributed by atoms with Gasteiger partial charge >= 0.3 is 0 Å². The third-order valence-corrected chi connectivity index (χ3v) is 5.08. The fourth-order valence-corrected chi connectivity index (χ4v) is 3.61. The van der Waals surface area contributed by atoms with E-state index in [1.54, 1.807) is 30.5 Å². The number of benzene rings is 1. The lowest BCUT2D eigenvalue weighted by Crippen LogP contribution is -2.32. The van der Waals surface area contributed by atoms with E-state index in [0.29, 0.717) is 24.1 Å². The summed E-state index contributed by atoms with van der Waals surface area (Å²) in [5, 5.41) is 4.00. The number of amides is 3. The lowest BCUT2D eigenvalue weighted by molar-refractivity contribution is -0.121. The molecule has 0 radical (unpaired) electrons. The molecule has 0 fully saturated rings. The van der Waals surface area contributed by atoms with Crippen LogP contribution in [0.1, 0.15) is 40.0 Å². The molecule has 0 bridgehead atoms. The first-order valence-electron chi connectivity index (χ1n) is 9.77. The zero-order valence-corrected chi connectivity index (χ0v) is 16.0. The molecule has 1 aliphatic heterocycles. The van der Waals surface area contributed by atoms with Gasteiger partial charge in [-0.05, 0) is 43.2 Å². The number of aryl methyl sites for hydroxylation is 1. The number of aromatic nitrogens is 2. The van der Waals surface area contributed by atoms with E-state index in [4.69, 9.17) is 0 Å². The van der Waals surface area contributed by atoms with Gasteiger partial charge in [-0.15, -0.1) is 0 Å². The molecule has 0 saturated carbocycles. The van der Waals surface area contributed by atoms with E-state index < -0.39 is 0 Å². The van der Waals surface area contributed by atoms with Crippen LogP contribution in [0.25, 0.3) is 11.0 Å². The molecule has 0 aliphatic carbocycles. The quantitative estimate of drug-likeness (QED) is 0.473. The van der Waals surface area contributed by atoms with Crippen LogP contribution in [-0.2, 0) is 11.3 Å². The Kier molecular flexibility index (Phi) is 5.37. The number of hydrogen-bond donors (Lipinski definition) is 1. The summed E-state index contributed by atoms with van der Waals surface area (Å²) in [7, 11) is 0. The highest BCUT2D eigenvalue weighted by Gasteiger charge is 2.34. The van der Waals surface area contributed by atoms with Crippen molar-refractivity contribution in [1.29, 1.82) is 0 Å². The third kappa shape index (κ3) is 3.89. The van der Waals surface area contributed by atoms with Gasteiger partial charge in [0, 0.05) is 43.8 Å². The predicted molar refractivity (Wildman–Crippen MR) is 108 cm³/mol. The van der Waals surface area contributed by atoms with Gasteiger partial charge in [0.05, 0.1) is 11.1 Å². The highest BCUT2D eigenvalue weighted by molar-refractivity contribution is 6.21. The van der Waals surface area contributed by atoms with Crippen molar-refractivity contribution in [1.82, 2.24) is 19.8 Å². The van der Waals surface area contributed by atoms with Gasteiger partial charge in [0.1, 0.15) is 5.65 Å². The molecule has 3 heterocycles. The van der Waals surface area contributed by atoms with Crippen molar-refractivity contribution in [2.45, 2.75) is 25.8 Å². The number of nitrogens with zero attached hydrogens (tertiary/aromatic N) is 3. The Hall–Kier alpha value is -3.48. The van der Waals surface area contributed by atoms with Crippen molar-refractivity contribution >= 4 is 28.8 Å². The summed E-state index contributed by atoms with van der Waals surface area (Å²) >= 11 is 0. The Morgan fingerprint density at radius 3 is 2.45 bits per heavy atom. The van der Waals surface area contributed by atoms with Crippen molar-refractivity contribution in [3.05, 3.63) is 66.0 Å². The van der Waals surface area contributed by atoms with Crippen LogP contribution in [-0.4, -0.2) is 45.3 Å². The number of carbonyl (C=O) groups is 3. The Morgan fingerprint density at radius 2 is 1.69 bits per heavy atom. The molecule has 3 amide bonds. The molecule has 29 heavy (non-hydrogen) atoms. The lowest BCUT2D eigenvalue weighted by Gasteiger charge is -2.13. The molecule has 148 valence electrons. The number of carbonyl (C=O) groups excluding carboxylic acids is 3. The van der Waals surface area contributed by atoms with Crippen LogP contribution < -0.4 is 5.32 Å². The molecule has 1 aromatic carbocycles. The number of pyridine rings is 1. The Morgan fingerprint density at radius 1 is 0.931 bits per heavy atom. The molecule has 0 spiro atoms. The minimum Gasteiger partial charge on any atom is -0.356 e. The molecule has 7 heteroatoms. The minimum absolute atomic E-state index is 0.0721. The molecule has 7 nitrogen and oxygen atoms in total. The number of imide groups is 1. The van der Waals surface area contributed by atoms with E-state index in [1.165, 1.54) is 4.90 Å². The Bertz CT molecular complexity index is 1040. The highest BCUT2D eigenvalue weighted by Crippen LogP contribution is 2.22. The van der Waals surface area contributed by atoms with Gasteiger partial charge in [0.2, 0.25) is 5.91 Å². The third-order valence-electron chi connectivity index (χ3n) is 5.08. The number of hydrogen-bond acceptors (Lipinski definition) is 4. The Balaban J connectivity index is 1.17. The highest BCUT2D eigenvalue weighted by atomic mass is 16.2. The van der Waals surface area contributed by atoms with Gasteiger partial charge in [0.15, 0.2) is 0 Å². The molecule has 0 atom stereocenters. The first-order valence-corrected chi connectivity index (χ1v) is 9.77. The van der Waals surface area contributed by atoms with Crippen LogP contribution in [0.4, 0.5) is 0 Å². The normalized spacial score (nSPS) is 13.2. The summed E-state index contributed by atoms with van der Waals surface area (Å²) in [4.78, 5) is 42.2. The molecular weight excluding hydrogens is 368 g/mol. The van der Waals surface area contributed by atoms with Gasteiger partial charge in [-0.25, -0.2) is 4.98 Å². The summed E-state index contributed by atoms with van der Waals surface area (Å²) in [5.41, 5.74) is 1.82. The van der Waals surface area contributed by atoms with E-state index >= 15 is 0 Å². The maximum absolute atomic E-state index is 12.3. The predicted octanol–water partition coefficient (Wildman–Crippen LogP) is 2.62. The van der Waals surface area contributed by atoms with Crippen molar-refractivity contribution in [3.8, 4) is 0 Å². The van der Waals surface area contributed by atoms with E-state index in [2.05, 4.69) is 14.9 Å². The van der Waals surface area contributed by atoms with Gasteiger partial charge in [0.25, 0.3) is 11.8 Å². The van der Waals surface area contributed by atoms with Crippen LogP contribution in [0.3, 0.4) is 0 Å². The monoisotopic (exact) mass is 390 g/mol. The van der Waals surface area contributed by atoms with Gasteiger partial charge < -0.3 is 9.88 Å². The van der Waals surface area contributed by atoms with Crippen LogP contribution >= 0.6 is 0 Å². The van der Waals surface area contributed by atoms with E-state index in [-0.39, 0.29) is 30.7 Å². The largest absolute Gasteiger partial charge is 0.356 e. The van der Waals surface area contributed by atoms with E-state index in [1.807, 2.05) is 24.4 Å². The topological polar surface area (TPSA) is 84.3 Å². The number of fused-ring (bicyclic) bond motifs is 2. The van der Waals surface area contributed by atoms with Crippen LogP contribution in [0.5, 0.6) is 0 Å². The first-order chi connectivity index (χ1) is 14.1. The molecule has 3 aromatic rings. The second-order valence-corrected chi connectivity index (χ2v) is 7.04. The summed E-state index contributed by atoms with van der Waals surface area (Å²) in [6, 6.07) is 12.8. The fraction of sp³-hybridized carbons (Fsp3) is 0.273. The molecule has 0 saturated heterocycles. The molecular formula is C22H22N4O3. The second kappa shape index (κ2) is 8.26. The van der Waals surface area contributed by atoms with Gasteiger partial charge in [-0.2, -0.15) is 0 Å². The van der Waals surface area contributed by atoms with Gasteiger partial charge in [-0.1, -0.05) is 12.1 Å². The summed E-state index contributed by atoms with van der Waals surface area (Å²) in [5.74, 6) is -0.630. The van der Waals surface area contributed by atoms with Crippen LogP contribution in [0, 0.1) is 0 Å². The van der Waals surface area contributed by atoms with E-state index in [9.17, 15) is 14.4 Å². The SMILES string of the molecule is O=C(CCCN1C(=O)c2ccccc2C1=O)NCCCn1ccc2cccnc21. The Labute approximate surface area is 168 Å². The minimum atomic E-state index is -0.279. The summed E-state index contributed by atoms with van der Waals surface area (Å²) in [6.45, 7) is 1.59.